The number of benzene rings is 2. The zero-order valence-corrected chi connectivity index (χ0v) is 12.6. The number of ether oxygens (including phenoxy) is 1. The number of nitrogens with one attached hydrogen (secondary N) is 1. The summed E-state index contributed by atoms with van der Waals surface area (Å²) in [6.45, 7) is 7.20. The molecule has 0 spiro atoms. The van der Waals surface area contributed by atoms with E-state index in [-0.39, 0.29) is 0 Å². The van der Waals surface area contributed by atoms with Crippen LogP contribution in [-0.2, 0) is 6.42 Å². The van der Waals surface area contributed by atoms with Crippen LogP contribution in [0, 0.1) is 6.92 Å². The fraction of sp³-hybridized carbons (Fsp3) is 0.333. The first kappa shape index (κ1) is 14.4. The number of aryl methyl sites for hydroxylation is 2. The van der Waals surface area contributed by atoms with Gasteiger partial charge in [-0.25, -0.2) is 0 Å². The van der Waals surface area contributed by atoms with Crippen LogP contribution in [0.25, 0.3) is 0 Å². The number of rotatable bonds is 6. The van der Waals surface area contributed by atoms with Gasteiger partial charge in [0, 0.05) is 11.4 Å². The van der Waals surface area contributed by atoms with Crippen LogP contribution in [-0.4, -0.2) is 6.61 Å². The Morgan fingerprint density at radius 1 is 1.00 bits per heavy atom. The van der Waals surface area contributed by atoms with Crippen molar-refractivity contribution in [1.29, 1.82) is 0 Å². The van der Waals surface area contributed by atoms with E-state index < -0.39 is 0 Å². The van der Waals surface area contributed by atoms with Crippen LogP contribution in [0.5, 0.6) is 5.75 Å². The van der Waals surface area contributed by atoms with Crippen molar-refractivity contribution in [2.75, 3.05) is 11.9 Å². The highest BCUT2D eigenvalue weighted by molar-refractivity contribution is 5.67. The predicted octanol–water partition coefficient (Wildman–Crippen LogP) is 5.09. The summed E-state index contributed by atoms with van der Waals surface area (Å²) in [5.74, 6) is 0.929. The minimum Gasteiger partial charge on any atom is -0.494 e. The monoisotopic (exact) mass is 269 g/mol. The van der Waals surface area contributed by atoms with Crippen molar-refractivity contribution in [2.45, 2.75) is 33.6 Å². The summed E-state index contributed by atoms with van der Waals surface area (Å²) in [6, 6.07) is 14.6. The third kappa shape index (κ3) is 3.53. The molecule has 0 bridgehead atoms. The van der Waals surface area contributed by atoms with Gasteiger partial charge in [-0.1, -0.05) is 32.0 Å². The van der Waals surface area contributed by atoms with E-state index in [0.717, 1.165) is 30.9 Å². The van der Waals surface area contributed by atoms with E-state index in [9.17, 15) is 0 Å². The molecule has 2 rings (SSSR count). The molecular formula is C18H23NO. The third-order valence-electron chi connectivity index (χ3n) is 3.34. The lowest BCUT2D eigenvalue weighted by Gasteiger charge is -2.14. The van der Waals surface area contributed by atoms with E-state index in [1.807, 2.05) is 12.1 Å². The number of hydrogen-bond acceptors (Lipinski definition) is 2. The molecule has 0 saturated carbocycles. The zero-order valence-electron chi connectivity index (χ0n) is 12.6. The first-order valence-electron chi connectivity index (χ1n) is 7.33. The molecule has 2 aromatic rings. The Balaban J connectivity index is 2.14. The minimum absolute atomic E-state index is 0.768. The van der Waals surface area contributed by atoms with Gasteiger partial charge in [-0.2, -0.15) is 0 Å². The first-order valence-corrected chi connectivity index (χ1v) is 7.33. The summed E-state index contributed by atoms with van der Waals surface area (Å²) in [5.41, 5.74) is 4.93. The molecule has 0 heterocycles. The standard InChI is InChI=1S/C18H23NO/c1-4-13-20-17-11-9-16(10-12-17)19-18-14(3)7-6-8-15(18)5-2/h6-12,19H,4-5,13H2,1-3H3. The second kappa shape index (κ2) is 6.99. The van der Waals surface area contributed by atoms with E-state index in [1.54, 1.807) is 0 Å². The van der Waals surface area contributed by atoms with Gasteiger partial charge in [0.05, 0.1) is 6.61 Å². The van der Waals surface area contributed by atoms with Crippen molar-refractivity contribution < 1.29 is 4.74 Å². The van der Waals surface area contributed by atoms with E-state index in [4.69, 9.17) is 4.74 Å². The van der Waals surface area contributed by atoms with Crippen molar-refractivity contribution in [2.24, 2.45) is 0 Å². The molecule has 2 aromatic carbocycles. The molecule has 0 aliphatic carbocycles. The van der Waals surface area contributed by atoms with Crippen LogP contribution in [0.4, 0.5) is 11.4 Å². The molecule has 0 aliphatic heterocycles. The molecule has 0 unspecified atom stereocenters. The van der Waals surface area contributed by atoms with Gasteiger partial charge < -0.3 is 10.1 Å². The summed E-state index contributed by atoms with van der Waals surface area (Å²) >= 11 is 0. The van der Waals surface area contributed by atoms with Crippen molar-refractivity contribution in [1.82, 2.24) is 0 Å². The molecule has 2 heteroatoms. The second-order valence-electron chi connectivity index (χ2n) is 4.96. The number of para-hydroxylation sites is 1. The SMILES string of the molecule is CCCOc1ccc(Nc2c(C)cccc2CC)cc1. The van der Waals surface area contributed by atoms with Gasteiger partial charge in [0.1, 0.15) is 5.75 Å². The van der Waals surface area contributed by atoms with Gasteiger partial charge in [-0.05, 0) is 55.2 Å². The molecule has 0 aliphatic rings. The smallest absolute Gasteiger partial charge is 0.119 e. The topological polar surface area (TPSA) is 21.3 Å². The van der Waals surface area contributed by atoms with Crippen LogP contribution >= 0.6 is 0 Å². The van der Waals surface area contributed by atoms with Gasteiger partial charge in [-0.3, -0.25) is 0 Å². The lowest BCUT2D eigenvalue weighted by Crippen LogP contribution is -1.98. The van der Waals surface area contributed by atoms with Gasteiger partial charge in [0.15, 0.2) is 0 Å². The van der Waals surface area contributed by atoms with Gasteiger partial charge in [-0.15, -0.1) is 0 Å². The molecule has 20 heavy (non-hydrogen) atoms. The maximum Gasteiger partial charge on any atom is 0.119 e. The average molecular weight is 269 g/mol. The minimum atomic E-state index is 0.768. The van der Waals surface area contributed by atoms with E-state index in [2.05, 4.69) is 56.4 Å². The van der Waals surface area contributed by atoms with E-state index in [1.165, 1.54) is 16.8 Å². The van der Waals surface area contributed by atoms with Crippen molar-refractivity contribution in [3.63, 3.8) is 0 Å². The van der Waals surface area contributed by atoms with Crippen LogP contribution in [0.1, 0.15) is 31.4 Å². The summed E-state index contributed by atoms with van der Waals surface area (Å²) < 4.78 is 5.60. The highest BCUT2D eigenvalue weighted by Gasteiger charge is 2.04. The molecule has 0 radical (unpaired) electrons. The van der Waals surface area contributed by atoms with E-state index >= 15 is 0 Å². The van der Waals surface area contributed by atoms with Gasteiger partial charge in [0.25, 0.3) is 0 Å². The maximum atomic E-state index is 5.60. The normalized spacial score (nSPS) is 10.3. The summed E-state index contributed by atoms with van der Waals surface area (Å²) in [6.07, 6.45) is 2.06. The highest BCUT2D eigenvalue weighted by atomic mass is 16.5. The Hall–Kier alpha value is -1.96. The maximum absolute atomic E-state index is 5.60. The van der Waals surface area contributed by atoms with Gasteiger partial charge in [0.2, 0.25) is 0 Å². The van der Waals surface area contributed by atoms with Crippen LogP contribution in [0.15, 0.2) is 42.5 Å². The van der Waals surface area contributed by atoms with Crippen LogP contribution < -0.4 is 10.1 Å². The highest BCUT2D eigenvalue weighted by Crippen LogP contribution is 2.26. The largest absolute Gasteiger partial charge is 0.494 e. The molecule has 2 nitrogen and oxygen atoms in total. The summed E-state index contributed by atoms with van der Waals surface area (Å²) in [5, 5.41) is 3.52. The molecular weight excluding hydrogens is 246 g/mol. The Bertz CT molecular complexity index is 546. The molecule has 0 amide bonds. The summed E-state index contributed by atoms with van der Waals surface area (Å²) in [4.78, 5) is 0. The fourth-order valence-corrected chi connectivity index (χ4v) is 2.20. The molecule has 1 N–H and O–H groups in total. The fourth-order valence-electron chi connectivity index (χ4n) is 2.20. The Labute approximate surface area is 121 Å². The molecule has 0 atom stereocenters. The first-order chi connectivity index (χ1) is 9.74. The van der Waals surface area contributed by atoms with E-state index in [0.29, 0.717) is 0 Å². The molecule has 0 saturated heterocycles. The Kier molecular flexibility index (Phi) is 5.05. The van der Waals surface area contributed by atoms with Crippen molar-refractivity contribution >= 4 is 11.4 Å². The molecule has 106 valence electrons. The Morgan fingerprint density at radius 2 is 1.75 bits per heavy atom. The summed E-state index contributed by atoms with van der Waals surface area (Å²) in [7, 11) is 0. The molecule has 0 aromatic heterocycles. The van der Waals surface area contributed by atoms with Crippen molar-refractivity contribution in [3.05, 3.63) is 53.6 Å². The van der Waals surface area contributed by atoms with Crippen LogP contribution in [0.2, 0.25) is 0 Å². The van der Waals surface area contributed by atoms with Crippen LogP contribution in [0.3, 0.4) is 0 Å². The quantitative estimate of drug-likeness (QED) is 0.788. The predicted molar refractivity (Wildman–Crippen MR) is 86.1 cm³/mol. The number of anilines is 2. The molecule has 0 fully saturated rings. The third-order valence-corrected chi connectivity index (χ3v) is 3.34. The lowest BCUT2D eigenvalue weighted by atomic mass is 10.1. The lowest BCUT2D eigenvalue weighted by molar-refractivity contribution is 0.317. The Morgan fingerprint density at radius 3 is 2.40 bits per heavy atom. The second-order valence-corrected chi connectivity index (χ2v) is 4.96. The zero-order chi connectivity index (χ0) is 14.4. The number of hydrogen-bond donors (Lipinski definition) is 1. The van der Waals surface area contributed by atoms with Crippen molar-refractivity contribution in [3.8, 4) is 5.75 Å². The average Bonchev–Trinajstić information content (AvgIpc) is 2.48. The van der Waals surface area contributed by atoms with Gasteiger partial charge >= 0.3 is 0 Å².